The molecule has 0 fully saturated rings. The van der Waals surface area contributed by atoms with Crippen LogP contribution in [0.1, 0.15) is 31.4 Å². The van der Waals surface area contributed by atoms with Gasteiger partial charge in [-0.2, -0.15) is 0 Å². The Hall–Kier alpha value is -1.35. The van der Waals surface area contributed by atoms with Gasteiger partial charge in [0.05, 0.1) is 6.10 Å². The maximum absolute atomic E-state index is 11.7. The highest BCUT2D eigenvalue weighted by Gasteiger charge is 2.25. The molecule has 1 aliphatic rings. The highest BCUT2D eigenvalue weighted by molar-refractivity contribution is 5.94. The molecule has 3 heteroatoms. The van der Waals surface area contributed by atoms with Crippen LogP contribution in [0, 0.1) is 0 Å². The number of anilines is 1. The van der Waals surface area contributed by atoms with Crippen molar-refractivity contribution in [3.05, 3.63) is 29.8 Å². The molecule has 1 N–H and O–H groups in total. The second-order valence-corrected chi connectivity index (χ2v) is 3.76. The lowest BCUT2D eigenvalue weighted by molar-refractivity contribution is -0.118. The van der Waals surface area contributed by atoms with Crippen LogP contribution in [0.25, 0.3) is 0 Å². The standard InChI is InChI=1S/C12H15NO2/c1-2-12(15)13-8-7-11(14)9-5-3-4-6-10(9)13/h3-6,11,14H,2,7-8H2,1H3. The molecule has 2 rings (SSSR count). The molecule has 0 radical (unpaired) electrons. The molecule has 0 saturated heterocycles. The van der Waals surface area contributed by atoms with Gasteiger partial charge in [-0.25, -0.2) is 0 Å². The first kappa shape index (κ1) is 10.2. The Bertz CT molecular complexity index is 376. The molecule has 0 saturated carbocycles. The molecule has 1 aromatic rings. The van der Waals surface area contributed by atoms with Gasteiger partial charge in [-0.1, -0.05) is 25.1 Å². The molecule has 0 aromatic heterocycles. The summed E-state index contributed by atoms with van der Waals surface area (Å²) in [6.07, 6.45) is 0.704. The van der Waals surface area contributed by atoms with Crippen molar-refractivity contribution in [2.75, 3.05) is 11.4 Å². The Morgan fingerprint density at radius 2 is 2.27 bits per heavy atom. The Labute approximate surface area is 89.3 Å². The number of hydrogen-bond acceptors (Lipinski definition) is 2. The summed E-state index contributed by atoms with van der Waals surface area (Å²) >= 11 is 0. The molecule has 15 heavy (non-hydrogen) atoms. The van der Waals surface area contributed by atoms with E-state index in [2.05, 4.69) is 0 Å². The average molecular weight is 205 g/mol. The first-order chi connectivity index (χ1) is 7.24. The van der Waals surface area contributed by atoms with Crippen LogP contribution in [0.4, 0.5) is 5.69 Å². The normalized spacial score (nSPS) is 19.9. The third kappa shape index (κ3) is 1.75. The van der Waals surface area contributed by atoms with Crippen molar-refractivity contribution in [3.8, 4) is 0 Å². The Balaban J connectivity index is 2.40. The van der Waals surface area contributed by atoms with Crippen molar-refractivity contribution >= 4 is 11.6 Å². The number of amides is 1. The maximum Gasteiger partial charge on any atom is 0.226 e. The van der Waals surface area contributed by atoms with E-state index in [-0.39, 0.29) is 5.91 Å². The predicted molar refractivity (Wildman–Crippen MR) is 58.7 cm³/mol. The monoisotopic (exact) mass is 205 g/mol. The predicted octanol–water partition coefficient (Wildman–Crippen LogP) is 1.87. The summed E-state index contributed by atoms with van der Waals surface area (Å²) < 4.78 is 0. The topological polar surface area (TPSA) is 40.5 Å². The third-order valence-electron chi connectivity index (χ3n) is 2.82. The van der Waals surface area contributed by atoms with E-state index < -0.39 is 6.10 Å². The van der Waals surface area contributed by atoms with E-state index in [4.69, 9.17) is 0 Å². The van der Waals surface area contributed by atoms with Crippen molar-refractivity contribution in [2.45, 2.75) is 25.9 Å². The van der Waals surface area contributed by atoms with Crippen molar-refractivity contribution in [2.24, 2.45) is 0 Å². The number of nitrogens with zero attached hydrogens (tertiary/aromatic N) is 1. The molecular formula is C12H15NO2. The fourth-order valence-corrected chi connectivity index (χ4v) is 1.99. The zero-order valence-electron chi connectivity index (χ0n) is 8.81. The smallest absolute Gasteiger partial charge is 0.226 e. The van der Waals surface area contributed by atoms with Gasteiger partial charge in [-0.15, -0.1) is 0 Å². The molecule has 1 atom stereocenters. The Morgan fingerprint density at radius 3 is 3.00 bits per heavy atom. The molecule has 1 aliphatic heterocycles. The van der Waals surface area contributed by atoms with Gasteiger partial charge in [-0.3, -0.25) is 4.79 Å². The molecule has 80 valence electrons. The first-order valence-electron chi connectivity index (χ1n) is 5.31. The summed E-state index contributed by atoms with van der Waals surface area (Å²) in [5, 5.41) is 9.80. The largest absolute Gasteiger partial charge is 0.388 e. The summed E-state index contributed by atoms with van der Waals surface area (Å²) in [7, 11) is 0. The second-order valence-electron chi connectivity index (χ2n) is 3.76. The maximum atomic E-state index is 11.7. The number of rotatable bonds is 1. The van der Waals surface area contributed by atoms with E-state index in [1.54, 1.807) is 4.90 Å². The minimum Gasteiger partial charge on any atom is -0.388 e. The number of aliphatic hydroxyl groups is 1. The van der Waals surface area contributed by atoms with Crippen LogP contribution in [-0.2, 0) is 4.79 Å². The summed E-state index contributed by atoms with van der Waals surface area (Å²) in [5.74, 6) is 0.120. The van der Waals surface area contributed by atoms with E-state index in [1.807, 2.05) is 31.2 Å². The zero-order valence-corrected chi connectivity index (χ0v) is 8.81. The number of fused-ring (bicyclic) bond motifs is 1. The van der Waals surface area contributed by atoms with Gasteiger partial charge in [0.15, 0.2) is 0 Å². The van der Waals surface area contributed by atoms with Crippen LogP contribution < -0.4 is 4.90 Å². The first-order valence-corrected chi connectivity index (χ1v) is 5.31. The molecule has 1 unspecified atom stereocenters. The highest BCUT2D eigenvalue weighted by atomic mass is 16.3. The molecule has 0 spiro atoms. The number of para-hydroxylation sites is 1. The third-order valence-corrected chi connectivity index (χ3v) is 2.82. The second kappa shape index (κ2) is 4.03. The van der Waals surface area contributed by atoms with Gasteiger partial charge in [-0.05, 0) is 12.5 Å². The molecule has 1 aromatic carbocycles. The molecule has 3 nitrogen and oxygen atoms in total. The van der Waals surface area contributed by atoms with Crippen LogP contribution >= 0.6 is 0 Å². The van der Waals surface area contributed by atoms with Crippen LogP contribution in [-0.4, -0.2) is 17.6 Å². The number of aliphatic hydroxyl groups excluding tert-OH is 1. The van der Waals surface area contributed by atoms with E-state index in [9.17, 15) is 9.90 Å². The number of carbonyl (C=O) groups is 1. The average Bonchev–Trinajstić information content (AvgIpc) is 2.29. The van der Waals surface area contributed by atoms with Crippen LogP contribution in [0.15, 0.2) is 24.3 Å². The minimum absolute atomic E-state index is 0.120. The molecule has 0 aliphatic carbocycles. The summed E-state index contributed by atoms with van der Waals surface area (Å²) in [6, 6.07) is 7.56. The summed E-state index contributed by atoms with van der Waals surface area (Å²) in [5.41, 5.74) is 1.73. The van der Waals surface area contributed by atoms with Crippen molar-refractivity contribution < 1.29 is 9.90 Å². The number of carbonyl (C=O) groups excluding carboxylic acids is 1. The van der Waals surface area contributed by atoms with Gasteiger partial charge in [0, 0.05) is 24.2 Å². The Kier molecular flexibility index (Phi) is 2.73. The lowest BCUT2D eigenvalue weighted by Crippen LogP contribution is -2.36. The van der Waals surface area contributed by atoms with Gasteiger partial charge in [0.2, 0.25) is 5.91 Å². The van der Waals surface area contributed by atoms with E-state index in [0.717, 1.165) is 11.3 Å². The van der Waals surface area contributed by atoms with Crippen molar-refractivity contribution in [3.63, 3.8) is 0 Å². The van der Waals surface area contributed by atoms with Crippen LogP contribution in [0.3, 0.4) is 0 Å². The lowest BCUT2D eigenvalue weighted by atomic mass is 9.99. The van der Waals surface area contributed by atoms with Gasteiger partial charge in [0.25, 0.3) is 0 Å². The molecule has 1 heterocycles. The van der Waals surface area contributed by atoms with Crippen molar-refractivity contribution in [1.29, 1.82) is 0 Å². The Morgan fingerprint density at radius 1 is 1.53 bits per heavy atom. The van der Waals surface area contributed by atoms with Gasteiger partial charge in [0.1, 0.15) is 0 Å². The quantitative estimate of drug-likeness (QED) is 0.760. The lowest BCUT2D eigenvalue weighted by Gasteiger charge is -2.32. The minimum atomic E-state index is -0.429. The number of benzene rings is 1. The van der Waals surface area contributed by atoms with Crippen LogP contribution in [0.5, 0.6) is 0 Å². The molecule has 1 amide bonds. The molecule has 0 bridgehead atoms. The van der Waals surface area contributed by atoms with Gasteiger partial charge >= 0.3 is 0 Å². The fourth-order valence-electron chi connectivity index (χ4n) is 1.99. The summed E-state index contributed by atoms with van der Waals surface area (Å²) in [6.45, 7) is 2.47. The van der Waals surface area contributed by atoms with E-state index in [0.29, 0.717) is 19.4 Å². The number of hydrogen-bond donors (Lipinski definition) is 1. The van der Waals surface area contributed by atoms with Gasteiger partial charge < -0.3 is 10.0 Å². The van der Waals surface area contributed by atoms with Crippen LogP contribution in [0.2, 0.25) is 0 Å². The summed E-state index contributed by atoms with van der Waals surface area (Å²) in [4.78, 5) is 13.4. The highest BCUT2D eigenvalue weighted by Crippen LogP contribution is 2.33. The van der Waals surface area contributed by atoms with E-state index >= 15 is 0 Å². The zero-order chi connectivity index (χ0) is 10.8. The van der Waals surface area contributed by atoms with E-state index in [1.165, 1.54) is 0 Å². The molecular weight excluding hydrogens is 190 g/mol. The van der Waals surface area contributed by atoms with Crippen molar-refractivity contribution in [1.82, 2.24) is 0 Å². The SMILES string of the molecule is CCC(=O)N1CCC(O)c2ccccc21. The fraction of sp³-hybridized carbons (Fsp3) is 0.417.